The number of carbonyl (C=O) groups excluding carboxylic acids is 1. The molecule has 0 aliphatic carbocycles. The first kappa shape index (κ1) is 17.2. The monoisotopic (exact) mass is 330 g/mol. The predicted octanol–water partition coefficient (Wildman–Crippen LogP) is 3.02. The highest BCUT2D eigenvalue weighted by Gasteiger charge is 2.23. The minimum atomic E-state index is -0.506. The fourth-order valence-electron chi connectivity index (χ4n) is 2.27. The van der Waals surface area contributed by atoms with E-state index >= 15 is 0 Å². The van der Waals surface area contributed by atoms with Gasteiger partial charge in [-0.05, 0) is 18.2 Å². The highest BCUT2D eigenvalue weighted by Crippen LogP contribution is 2.44. The molecular weight excluding hydrogens is 312 g/mol. The zero-order chi connectivity index (χ0) is 17.7. The molecule has 0 saturated carbocycles. The maximum absolute atomic E-state index is 12.5. The van der Waals surface area contributed by atoms with Gasteiger partial charge in [-0.2, -0.15) is 0 Å². The van der Waals surface area contributed by atoms with E-state index in [1.807, 2.05) is 12.1 Å². The highest BCUT2D eigenvalue weighted by molar-refractivity contribution is 6.11. The summed E-state index contributed by atoms with van der Waals surface area (Å²) in [5, 5.41) is 20.0. The zero-order valence-electron chi connectivity index (χ0n) is 13.6. The number of methoxy groups -OCH3 is 3. The Morgan fingerprint density at radius 2 is 1.67 bits per heavy atom. The van der Waals surface area contributed by atoms with Gasteiger partial charge in [0.15, 0.2) is 17.3 Å². The van der Waals surface area contributed by atoms with Crippen LogP contribution in [0.25, 0.3) is 6.08 Å². The molecule has 6 heteroatoms. The molecule has 0 saturated heterocycles. The third-order valence-corrected chi connectivity index (χ3v) is 3.42. The number of rotatable bonds is 6. The van der Waals surface area contributed by atoms with E-state index in [2.05, 4.69) is 0 Å². The number of ether oxygens (including phenoxy) is 3. The summed E-state index contributed by atoms with van der Waals surface area (Å²) in [5.74, 6) is -0.846. The van der Waals surface area contributed by atoms with E-state index in [9.17, 15) is 15.0 Å². The third-order valence-electron chi connectivity index (χ3n) is 3.42. The van der Waals surface area contributed by atoms with Gasteiger partial charge in [-0.15, -0.1) is 0 Å². The van der Waals surface area contributed by atoms with E-state index in [1.165, 1.54) is 33.5 Å². The van der Waals surface area contributed by atoms with Gasteiger partial charge in [-0.3, -0.25) is 4.79 Å². The molecule has 0 aliphatic heterocycles. The van der Waals surface area contributed by atoms with E-state index in [0.717, 1.165) is 0 Å². The Bertz CT molecular complexity index is 779. The van der Waals surface area contributed by atoms with Gasteiger partial charge in [-0.25, -0.2) is 0 Å². The topological polar surface area (TPSA) is 85.2 Å². The van der Waals surface area contributed by atoms with Crippen LogP contribution in [0.15, 0.2) is 36.4 Å². The number of phenolic OH excluding ortho intramolecular Hbond substituents is 2. The van der Waals surface area contributed by atoms with Crippen LogP contribution in [-0.4, -0.2) is 37.3 Å². The van der Waals surface area contributed by atoms with Crippen LogP contribution >= 0.6 is 0 Å². The predicted molar refractivity (Wildman–Crippen MR) is 89.2 cm³/mol. The second-order valence-electron chi connectivity index (χ2n) is 4.79. The first-order valence-electron chi connectivity index (χ1n) is 7.05. The molecule has 126 valence electrons. The first-order valence-corrected chi connectivity index (χ1v) is 7.05. The van der Waals surface area contributed by atoms with Crippen molar-refractivity contribution in [3.05, 3.63) is 47.5 Å². The van der Waals surface area contributed by atoms with Crippen molar-refractivity contribution in [3.63, 3.8) is 0 Å². The third kappa shape index (κ3) is 3.27. The SMILES string of the molecule is COc1ccccc1/C=C/C(=O)c1c(OC)cc(O)c(OC)c1O. The van der Waals surface area contributed by atoms with Crippen molar-refractivity contribution in [3.8, 4) is 28.7 Å². The molecule has 0 aromatic heterocycles. The van der Waals surface area contributed by atoms with Gasteiger partial charge in [-0.1, -0.05) is 18.2 Å². The smallest absolute Gasteiger partial charge is 0.203 e. The highest BCUT2D eigenvalue weighted by atomic mass is 16.5. The summed E-state index contributed by atoms with van der Waals surface area (Å²) in [6.07, 6.45) is 2.85. The lowest BCUT2D eigenvalue weighted by molar-refractivity contribution is 0.104. The molecule has 0 bridgehead atoms. The fraction of sp³-hybridized carbons (Fsp3) is 0.167. The Morgan fingerprint density at radius 1 is 1.00 bits per heavy atom. The van der Waals surface area contributed by atoms with Gasteiger partial charge in [0.2, 0.25) is 5.75 Å². The minimum absolute atomic E-state index is 0.0421. The van der Waals surface area contributed by atoms with E-state index in [0.29, 0.717) is 11.3 Å². The van der Waals surface area contributed by atoms with Crippen molar-refractivity contribution in [1.82, 2.24) is 0 Å². The van der Waals surface area contributed by atoms with Gasteiger partial charge >= 0.3 is 0 Å². The van der Waals surface area contributed by atoms with Crippen molar-refractivity contribution in [2.24, 2.45) is 0 Å². The standard InChI is InChI=1S/C18H18O6/c1-22-14-7-5-4-6-11(14)8-9-12(19)16-15(23-2)10-13(20)18(24-3)17(16)21/h4-10,20-21H,1-3H3/b9-8+. The lowest BCUT2D eigenvalue weighted by atomic mass is 10.0. The molecule has 0 aliphatic rings. The summed E-state index contributed by atoms with van der Waals surface area (Å²) in [6, 6.07) is 8.40. The Balaban J connectivity index is 2.44. The van der Waals surface area contributed by atoms with Gasteiger partial charge in [0.25, 0.3) is 0 Å². The average Bonchev–Trinajstić information content (AvgIpc) is 2.59. The van der Waals surface area contributed by atoms with Crippen molar-refractivity contribution < 1.29 is 29.2 Å². The van der Waals surface area contributed by atoms with Crippen molar-refractivity contribution in [2.75, 3.05) is 21.3 Å². The van der Waals surface area contributed by atoms with E-state index < -0.39 is 11.5 Å². The summed E-state index contributed by atoms with van der Waals surface area (Å²) >= 11 is 0. The van der Waals surface area contributed by atoms with Crippen LogP contribution in [-0.2, 0) is 0 Å². The molecule has 0 fully saturated rings. The first-order chi connectivity index (χ1) is 11.5. The number of aromatic hydroxyl groups is 2. The molecule has 2 rings (SSSR count). The van der Waals surface area contributed by atoms with Gasteiger partial charge < -0.3 is 24.4 Å². The fourth-order valence-corrected chi connectivity index (χ4v) is 2.27. The average molecular weight is 330 g/mol. The van der Waals surface area contributed by atoms with E-state index in [4.69, 9.17) is 14.2 Å². The second-order valence-corrected chi connectivity index (χ2v) is 4.79. The summed E-state index contributed by atoms with van der Waals surface area (Å²) in [5.41, 5.74) is 0.607. The normalized spacial score (nSPS) is 10.6. The largest absolute Gasteiger partial charge is 0.504 e. The minimum Gasteiger partial charge on any atom is -0.504 e. The lowest BCUT2D eigenvalue weighted by Gasteiger charge is -2.13. The van der Waals surface area contributed by atoms with Gasteiger partial charge in [0.1, 0.15) is 17.1 Å². The van der Waals surface area contributed by atoms with E-state index in [-0.39, 0.29) is 22.8 Å². The van der Waals surface area contributed by atoms with Crippen molar-refractivity contribution >= 4 is 11.9 Å². The molecule has 6 nitrogen and oxygen atoms in total. The Labute approximate surface area is 139 Å². The number of phenols is 2. The number of allylic oxidation sites excluding steroid dienone is 1. The van der Waals surface area contributed by atoms with Gasteiger partial charge in [0, 0.05) is 11.6 Å². The summed E-state index contributed by atoms with van der Waals surface area (Å²) in [7, 11) is 4.15. The summed E-state index contributed by atoms with van der Waals surface area (Å²) < 4.78 is 15.2. The Morgan fingerprint density at radius 3 is 2.29 bits per heavy atom. The second kappa shape index (κ2) is 7.41. The van der Waals surface area contributed by atoms with Crippen LogP contribution in [0.4, 0.5) is 0 Å². The maximum atomic E-state index is 12.5. The number of carbonyl (C=O) groups is 1. The number of benzene rings is 2. The van der Waals surface area contributed by atoms with E-state index in [1.54, 1.807) is 18.2 Å². The summed E-state index contributed by atoms with van der Waals surface area (Å²) in [4.78, 5) is 12.5. The number of para-hydroxylation sites is 1. The molecule has 2 aromatic carbocycles. The molecule has 0 unspecified atom stereocenters. The Hall–Kier alpha value is -3.15. The van der Waals surface area contributed by atoms with Crippen molar-refractivity contribution in [2.45, 2.75) is 0 Å². The number of hydrogen-bond donors (Lipinski definition) is 2. The van der Waals surface area contributed by atoms with Crippen LogP contribution < -0.4 is 14.2 Å². The molecule has 0 amide bonds. The molecule has 2 N–H and O–H groups in total. The zero-order valence-corrected chi connectivity index (χ0v) is 13.6. The van der Waals surface area contributed by atoms with Crippen LogP contribution in [0.3, 0.4) is 0 Å². The maximum Gasteiger partial charge on any atom is 0.203 e. The van der Waals surface area contributed by atoms with Crippen LogP contribution in [0.5, 0.6) is 28.7 Å². The molecule has 0 spiro atoms. The van der Waals surface area contributed by atoms with Crippen LogP contribution in [0.2, 0.25) is 0 Å². The quantitative estimate of drug-likeness (QED) is 0.625. The van der Waals surface area contributed by atoms with Crippen LogP contribution in [0.1, 0.15) is 15.9 Å². The van der Waals surface area contributed by atoms with Gasteiger partial charge in [0.05, 0.1) is 21.3 Å². The van der Waals surface area contributed by atoms with Crippen LogP contribution in [0, 0.1) is 0 Å². The number of ketones is 1. The molecule has 0 radical (unpaired) electrons. The molecular formula is C18H18O6. The molecule has 0 atom stereocenters. The number of hydrogen-bond acceptors (Lipinski definition) is 6. The molecule has 24 heavy (non-hydrogen) atoms. The molecule has 2 aromatic rings. The Kier molecular flexibility index (Phi) is 5.31. The summed E-state index contributed by atoms with van der Waals surface area (Å²) in [6.45, 7) is 0. The lowest BCUT2D eigenvalue weighted by Crippen LogP contribution is -2.01. The van der Waals surface area contributed by atoms with Crippen molar-refractivity contribution in [1.29, 1.82) is 0 Å². The molecule has 0 heterocycles.